The lowest BCUT2D eigenvalue weighted by Gasteiger charge is -2.17. The molecule has 0 bridgehead atoms. The number of esters is 2. The second kappa shape index (κ2) is 13.8. The standard InChI is InChI=1S/C42H42O6/c1-23-13-27(5)37(43)33(17-23)21-35-19-25(3)15-29(7)39(35)47-41(45)31-9-11-32(12-10-31)42(46)48-40-30(8)16-26(4)20-36(40)22-34-18-24(2)14-28(6)38(34)44/h9-20,43-44H,21-22H2,1-8H3. The Kier molecular flexibility index (Phi) is 9.76. The molecular formula is C42H42O6. The fourth-order valence-corrected chi connectivity index (χ4v) is 6.46. The van der Waals surface area contributed by atoms with Crippen molar-refractivity contribution in [1.82, 2.24) is 0 Å². The summed E-state index contributed by atoms with van der Waals surface area (Å²) >= 11 is 0. The molecule has 0 fully saturated rings. The number of aromatic hydroxyl groups is 2. The van der Waals surface area contributed by atoms with Crippen LogP contribution in [0.15, 0.2) is 72.8 Å². The van der Waals surface area contributed by atoms with Gasteiger partial charge in [-0.3, -0.25) is 0 Å². The van der Waals surface area contributed by atoms with Crippen molar-refractivity contribution in [1.29, 1.82) is 0 Å². The number of aryl methyl sites for hydroxylation is 8. The smallest absolute Gasteiger partial charge is 0.343 e. The fraction of sp³-hybridized carbons (Fsp3) is 0.238. The van der Waals surface area contributed by atoms with Gasteiger partial charge in [-0.25, -0.2) is 9.59 Å². The number of phenols is 2. The summed E-state index contributed by atoms with van der Waals surface area (Å²) in [5.41, 5.74) is 11.0. The van der Waals surface area contributed by atoms with E-state index in [1.165, 1.54) is 0 Å². The molecule has 48 heavy (non-hydrogen) atoms. The van der Waals surface area contributed by atoms with Gasteiger partial charge >= 0.3 is 11.9 Å². The fourth-order valence-electron chi connectivity index (χ4n) is 6.46. The van der Waals surface area contributed by atoms with E-state index in [1.807, 2.05) is 104 Å². The van der Waals surface area contributed by atoms with Gasteiger partial charge in [-0.2, -0.15) is 0 Å². The lowest BCUT2D eigenvalue weighted by Crippen LogP contribution is -2.14. The molecule has 6 heteroatoms. The van der Waals surface area contributed by atoms with Gasteiger partial charge in [0.25, 0.3) is 0 Å². The highest BCUT2D eigenvalue weighted by Crippen LogP contribution is 2.34. The number of benzene rings is 5. The van der Waals surface area contributed by atoms with E-state index >= 15 is 0 Å². The van der Waals surface area contributed by atoms with Gasteiger partial charge in [0.2, 0.25) is 0 Å². The Morgan fingerprint density at radius 2 is 0.750 bits per heavy atom. The van der Waals surface area contributed by atoms with Crippen LogP contribution < -0.4 is 9.47 Å². The minimum atomic E-state index is -0.558. The van der Waals surface area contributed by atoms with E-state index in [-0.39, 0.29) is 22.6 Å². The normalized spacial score (nSPS) is 11.0. The SMILES string of the molecule is Cc1cc(C)c(O)c(Cc2cc(C)cc(C)c2OC(=O)c2ccc(C(=O)Oc3c(C)cc(C)cc3Cc3cc(C)cc(C)c3O)cc2)c1. The highest BCUT2D eigenvalue weighted by Gasteiger charge is 2.20. The second-order valence-corrected chi connectivity index (χ2v) is 13.0. The molecule has 0 saturated heterocycles. The van der Waals surface area contributed by atoms with Crippen molar-refractivity contribution in [3.05, 3.63) is 151 Å². The van der Waals surface area contributed by atoms with Gasteiger partial charge in [0.15, 0.2) is 0 Å². The van der Waals surface area contributed by atoms with Gasteiger partial charge in [-0.15, -0.1) is 0 Å². The summed E-state index contributed by atoms with van der Waals surface area (Å²) in [5, 5.41) is 21.4. The van der Waals surface area contributed by atoms with Gasteiger partial charge in [0, 0.05) is 12.8 Å². The third kappa shape index (κ3) is 7.44. The average molecular weight is 643 g/mol. The maximum atomic E-state index is 13.4. The maximum absolute atomic E-state index is 13.4. The van der Waals surface area contributed by atoms with Crippen LogP contribution in [0.25, 0.3) is 0 Å². The molecule has 5 aromatic carbocycles. The summed E-state index contributed by atoms with van der Waals surface area (Å²) in [7, 11) is 0. The first-order valence-corrected chi connectivity index (χ1v) is 16.0. The van der Waals surface area contributed by atoms with E-state index in [2.05, 4.69) is 0 Å². The zero-order chi connectivity index (χ0) is 34.9. The van der Waals surface area contributed by atoms with Crippen molar-refractivity contribution in [2.75, 3.05) is 0 Å². The van der Waals surface area contributed by atoms with Crippen molar-refractivity contribution in [2.45, 2.75) is 68.2 Å². The largest absolute Gasteiger partial charge is 0.507 e. The molecule has 0 aliphatic heterocycles. The zero-order valence-corrected chi connectivity index (χ0v) is 28.9. The molecule has 0 unspecified atom stereocenters. The van der Waals surface area contributed by atoms with Crippen LogP contribution in [0, 0.1) is 55.4 Å². The number of rotatable bonds is 8. The third-order valence-electron chi connectivity index (χ3n) is 8.55. The molecule has 246 valence electrons. The molecule has 0 amide bonds. The van der Waals surface area contributed by atoms with E-state index < -0.39 is 11.9 Å². The van der Waals surface area contributed by atoms with Crippen LogP contribution in [-0.2, 0) is 12.8 Å². The van der Waals surface area contributed by atoms with Crippen LogP contribution in [0.1, 0.15) is 87.5 Å². The molecule has 0 heterocycles. The molecule has 0 radical (unpaired) electrons. The predicted octanol–water partition coefficient (Wildman–Crippen LogP) is 9.19. The van der Waals surface area contributed by atoms with Crippen molar-refractivity contribution in [2.24, 2.45) is 0 Å². The molecule has 0 atom stereocenters. The Labute approximate surface area is 282 Å². The van der Waals surface area contributed by atoms with Crippen LogP contribution >= 0.6 is 0 Å². The molecule has 6 nitrogen and oxygen atoms in total. The highest BCUT2D eigenvalue weighted by molar-refractivity contribution is 5.95. The topological polar surface area (TPSA) is 93.1 Å². The molecule has 0 aliphatic rings. The molecule has 5 rings (SSSR count). The Balaban J connectivity index is 1.36. The Bertz CT molecular complexity index is 1910. The average Bonchev–Trinajstić information content (AvgIpc) is 3.01. The number of carbonyl (C=O) groups excluding carboxylic acids is 2. The van der Waals surface area contributed by atoms with Crippen molar-refractivity contribution in [3.8, 4) is 23.0 Å². The first-order valence-electron chi connectivity index (χ1n) is 16.0. The van der Waals surface area contributed by atoms with E-state index in [0.29, 0.717) is 24.3 Å². The first-order chi connectivity index (χ1) is 22.7. The summed E-state index contributed by atoms with van der Waals surface area (Å²) in [6.45, 7) is 15.4. The van der Waals surface area contributed by atoms with Gasteiger partial charge in [-0.05, 0) is 124 Å². The Morgan fingerprint density at radius 1 is 0.458 bits per heavy atom. The highest BCUT2D eigenvalue weighted by atomic mass is 16.5. The minimum Gasteiger partial charge on any atom is -0.507 e. The van der Waals surface area contributed by atoms with Gasteiger partial charge < -0.3 is 19.7 Å². The van der Waals surface area contributed by atoms with Gasteiger partial charge in [-0.1, -0.05) is 70.8 Å². The summed E-state index contributed by atoms with van der Waals surface area (Å²) in [6.07, 6.45) is 0.793. The number of ether oxygens (including phenoxy) is 2. The zero-order valence-electron chi connectivity index (χ0n) is 28.9. The van der Waals surface area contributed by atoms with Crippen LogP contribution in [0.2, 0.25) is 0 Å². The van der Waals surface area contributed by atoms with E-state index in [9.17, 15) is 19.8 Å². The Morgan fingerprint density at radius 3 is 1.08 bits per heavy atom. The van der Waals surface area contributed by atoms with E-state index in [1.54, 1.807) is 24.3 Å². The molecule has 0 aromatic heterocycles. The molecule has 0 saturated carbocycles. The van der Waals surface area contributed by atoms with Crippen LogP contribution in [0.3, 0.4) is 0 Å². The number of hydrogen-bond acceptors (Lipinski definition) is 6. The van der Waals surface area contributed by atoms with Gasteiger partial charge in [0.05, 0.1) is 11.1 Å². The molecule has 5 aromatic rings. The number of hydrogen-bond donors (Lipinski definition) is 2. The minimum absolute atomic E-state index is 0.232. The lowest BCUT2D eigenvalue weighted by atomic mass is 9.96. The summed E-state index contributed by atoms with van der Waals surface area (Å²) in [5.74, 6) is 0.247. The molecule has 0 aliphatic carbocycles. The van der Waals surface area contributed by atoms with E-state index in [0.717, 1.165) is 66.8 Å². The van der Waals surface area contributed by atoms with Gasteiger partial charge in [0.1, 0.15) is 23.0 Å². The third-order valence-corrected chi connectivity index (χ3v) is 8.55. The first kappa shape index (κ1) is 34.0. The van der Waals surface area contributed by atoms with Crippen molar-refractivity contribution in [3.63, 3.8) is 0 Å². The quantitative estimate of drug-likeness (QED) is 0.130. The molecular weight excluding hydrogens is 600 g/mol. The van der Waals surface area contributed by atoms with Crippen molar-refractivity contribution >= 4 is 11.9 Å². The molecule has 0 spiro atoms. The van der Waals surface area contributed by atoms with Crippen LogP contribution in [-0.4, -0.2) is 22.2 Å². The number of phenolic OH excluding ortho intramolecular Hbond substituents is 2. The lowest BCUT2D eigenvalue weighted by molar-refractivity contribution is 0.0718. The van der Waals surface area contributed by atoms with Crippen molar-refractivity contribution < 1.29 is 29.3 Å². The maximum Gasteiger partial charge on any atom is 0.343 e. The summed E-state index contributed by atoms with van der Waals surface area (Å²) in [6, 6.07) is 21.8. The number of carbonyl (C=O) groups is 2. The molecule has 2 N–H and O–H groups in total. The monoisotopic (exact) mass is 642 g/mol. The van der Waals surface area contributed by atoms with Crippen LogP contribution in [0.4, 0.5) is 0 Å². The van der Waals surface area contributed by atoms with Crippen LogP contribution in [0.5, 0.6) is 23.0 Å². The second-order valence-electron chi connectivity index (χ2n) is 13.0. The Hall–Kier alpha value is -5.36. The summed E-state index contributed by atoms with van der Waals surface area (Å²) in [4.78, 5) is 26.7. The summed E-state index contributed by atoms with van der Waals surface area (Å²) < 4.78 is 11.9. The van der Waals surface area contributed by atoms with E-state index in [4.69, 9.17) is 9.47 Å². The predicted molar refractivity (Wildman–Crippen MR) is 189 cm³/mol.